The fourth-order valence-electron chi connectivity index (χ4n) is 1.35. The zero-order chi connectivity index (χ0) is 10.7. The Balaban J connectivity index is 2.52. The van der Waals surface area contributed by atoms with E-state index < -0.39 is 0 Å². The second-order valence-electron chi connectivity index (χ2n) is 3.06. The van der Waals surface area contributed by atoms with Gasteiger partial charge in [0.2, 0.25) is 0 Å². The molecule has 0 fully saturated rings. The second kappa shape index (κ2) is 4.09. The third-order valence-corrected chi connectivity index (χ3v) is 2.11. The van der Waals surface area contributed by atoms with Crippen LogP contribution in [0.5, 0.6) is 5.75 Å². The molecule has 0 atom stereocenters. The molecule has 2 nitrogen and oxygen atoms in total. The first-order valence-electron chi connectivity index (χ1n) is 4.56. The fourth-order valence-corrected chi connectivity index (χ4v) is 1.35. The van der Waals surface area contributed by atoms with Gasteiger partial charge in [-0.25, -0.2) is 4.39 Å². The van der Waals surface area contributed by atoms with Gasteiger partial charge in [0, 0.05) is 11.8 Å². The number of methoxy groups -OCH3 is 1. The summed E-state index contributed by atoms with van der Waals surface area (Å²) >= 11 is 0. The van der Waals surface area contributed by atoms with Crippen molar-refractivity contribution in [1.29, 1.82) is 0 Å². The summed E-state index contributed by atoms with van der Waals surface area (Å²) in [7, 11) is 1.55. The van der Waals surface area contributed by atoms with Crippen LogP contribution in [0.1, 0.15) is 0 Å². The maximum absolute atomic E-state index is 13.5. The number of pyridine rings is 1. The van der Waals surface area contributed by atoms with Crippen molar-refractivity contribution in [2.45, 2.75) is 0 Å². The number of hydrogen-bond donors (Lipinski definition) is 0. The summed E-state index contributed by atoms with van der Waals surface area (Å²) in [5.74, 6) is 0.326. The highest BCUT2D eigenvalue weighted by Gasteiger charge is 2.06. The largest absolute Gasteiger partial charge is 0.497 e. The molecule has 15 heavy (non-hydrogen) atoms. The molecule has 1 aromatic carbocycles. The van der Waals surface area contributed by atoms with Gasteiger partial charge in [0.05, 0.1) is 12.8 Å². The maximum Gasteiger partial charge on any atom is 0.132 e. The monoisotopic (exact) mass is 203 g/mol. The lowest BCUT2D eigenvalue weighted by Crippen LogP contribution is -1.89. The molecule has 0 bridgehead atoms. The summed E-state index contributed by atoms with van der Waals surface area (Å²) in [6.07, 6.45) is 1.63. The molecule has 2 rings (SSSR count). The van der Waals surface area contributed by atoms with Crippen molar-refractivity contribution in [3.05, 3.63) is 48.4 Å². The highest BCUT2D eigenvalue weighted by molar-refractivity contribution is 5.61. The second-order valence-corrected chi connectivity index (χ2v) is 3.06. The summed E-state index contributed by atoms with van der Waals surface area (Å²) < 4.78 is 18.5. The van der Waals surface area contributed by atoms with Crippen molar-refractivity contribution in [2.24, 2.45) is 0 Å². The zero-order valence-electron chi connectivity index (χ0n) is 8.27. The van der Waals surface area contributed by atoms with Crippen LogP contribution in [0.2, 0.25) is 0 Å². The van der Waals surface area contributed by atoms with E-state index in [1.54, 1.807) is 37.6 Å². The van der Waals surface area contributed by atoms with Crippen LogP contribution in [0.4, 0.5) is 4.39 Å². The molecule has 0 unspecified atom stereocenters. The number of hydrogen-bond acceptors (Lipinski definition) is 2. The molecular formula is C12H10FNO. The summed E-state index contributed by atoms with van der Waals surface area (Å²) in [4.78, 5) is 4.09. The molecule has 1 aromatic heterocycles. The molecule has 0 radical (unpaired) electrons. The van der Waals surface area contributed by atoms with Gasteiger partial charge in [-0.2, -0.15) is 0 Å². The van der Waals surface area contributed by atoms with E-state index in [2.05, 4.69) is 4.98 Å². The van der Waals surface area contributed by atoms with Gasteiger partial charge in [0.1, 0.15) is 11.6 Å². The zero-order valence-corrected chi connectivity index (χ0v) is 8.27. The van der Waals surface area contributed by atoms with E-state index in [9.17, 15) is 4.39 Å². The summed E-state index contributed by atoms with van der Waals surface area (Å²) in [5.41, 5.74) is 1.06. The van der Waals surface area contributed by atoms with Crippen molar-refractivity contribution in [2.75, 3.05) is 7.11 Å². The minimum Gasteiger partial charge on any atom is -0.497 e. The fraction of sp³-hybridized carbons (Fsp3) is 0.0833. The highest BCUT2D eigenvalue weighted by atomic mass is 19.1. The minimum atomic E-state index is -0.297. The third kappa shape index (κ3) is 1.96. The van der Waals surface area contributed by atoms with Gasteiger partial charge in [0.25, 0.3) is 0 Å². The van der Waals surface area contributed by atoms with Crippen molar-refractivity contribution >= 4 is 0 Å². The van der Waals surface area contributed by atoms with Gasteiger partial charge in [-0.1, -0.05) is 6.07 Å². The Morgan fingerprint density at radius 3 is 2.73 bits per heavy atom. The number of nitrogens with zero attached hydrogens (tertiary/aromatic N) is 1. The Kier molecular flexibility index (Phi) is 2.63. The van der Waals surface area contributed by atoms with E-state index >= 15 is 0 Å². The molecule has 0 N–H and O–H groups in total. The van der Waals surface area contributed by atoms with Gasteiger partial charge >= 0.3 is 0 Å². The molecule has 2 aromatic rings. The number of halogens is 1. The SMILES string of the molecule is COc1ccc(F)c(-c2ccccn2)c1. The molecule has 1 heterocycles. The Morgan fingerprint density at radius 2 is 2.07 bits per heavy atom. The normalized spacial score (nSPS) is 10.0. The highest BCUT2D eigenvalue weighted by Crippen LogP contribution is 2.24. The predicted molar refractivity (Wildman–Crippen MR) is 56.2 cm³/mol. The summed E-state index contributed by atoms with van der Waals surface area (Å²) in [6, 6.07) is 9.98. The summed E-state index contributed by atoms with van der Waals surface area (Å²) in [5, 5.41) is 0. The van der Waals surface area contributed by atoms with E-state index in [0.717, 1.165) is 0 Å². The minimum absolute atomic E-state index is 0.297. The lowest BCUT2D eigenvalue weighted by Gasteiger charge is -2.05. The molecule has 0 saturated heterocycles. The van der Waals surface area contributed by atoms with Crippen LogP contribution in [-0.2, 0) is 0 Å². The Labute approximate surface area is 87.4 Å². The number of aromatic nitrogens is 1. The molecule has 0 aliphatic heterocycles. The first kappa shape index (κ1) is 9.65. The first-order chi connectivity index (χ1) is 7.31. The van der Waals surface area contributed by atoms with Crippen molar-refractivity contribution in [3.63, 3.8) is 0 Å². The van der Waals surface area contributed by atoms with Crippen molar-refractivity contribution in [3.8, 4) is 17.0 Å². The average Bonchev–Trinajstić information content (AvgIpc) is 2.31. The predicted octanol–water partition coefficient (Wildman–Crippen LogP) is 2.90. The first-order valence-corrected chi connectivity index (χ1v) is 4.56. The molecule has 0 aliphatic carbocycles. The molecule has 3 heteroatoms. The lowest BCUT2D eigenvalue weighted by molar-refractivity contribution is 0.414. The molecule has 0 amide bonds. The van der Waals surface area contributed by atoms with Crippen molar-refractivity contribution in [1.82, 2.24) is 4.98 Å². The van der Waals surface area contributed by atoms with Crippen LogP contribution in [0.15, 0.2) is 42.6 Å². The number of rotatable bonds is 2. The van der Waals surface area contributed by atoms with Gasteiger partial charge in [0.15, 0.2) is 0 Å². The average molecular weight is 203 g/mol. The van der Waals surface area contributed by atoms with Gasteiger partial charge in [-0.3, -0.25) is 4.98 Å². The smallest absolute Gasteiger partial charge is 0.132 e. The van der Waals surface area contributed by atoms with E-state index in [4.69, 9.17) is 4.74 Å². The van der Waals surface area contributed by atoms with Crippen LogP contribution < -0.4 is 4.74 Å². The quantitative estimate of drug-likeness (QED) is 0.748. The van der Waals surface area contributed by atoms with Gasteiger partial charge in [-0.05, 0) is 30.3 Å². The molecular weight excluding hydrogens is 193 g/mol. The molecule has 0 aliphatic rings. The van der Waals surface area contributed by atoms with Gasteiger partial charge in [-0.15, -0.1) is 0 Å². The van der Waals surface area contributed by atoms with Crippen LogP contribution in [0, 0.1) is 5.82 Å². The third-order valence-electron chi connectivity index (χ3n) is 2.11. The van der Waals surface area contributed by atoms with Crippen LogP contribution in [0.25, 0.3) is 11.3 Å². The molecule has 0 saturated carbocycles. The van der Waals surface area contributed by atoms with E-state index in [1.807, 2.05) is 6.07 Å². The van der Waals surface area contributed by atoms with Crippen LogP contribution >= 0.6 is 0 Å². The van der Waals surface area contributed by atoms with E-state index in [0.29, 0.717) is 17.0 Å². The number of benzene rings is 1. The van der Waals surface area contributed by atoms with Crippen molar-refractivity contribution < 1.29 is 9.13 Å². The topological polar surface area (TPSA) is 22.1 Å². The van der Waals surface area contributed by atoms with Gasteiger partial charge < -0.3 is 4.74 Å². The maximum atomic E-state index is 13.5. The number of ether oxygens (including phenoxy) is 1. The summed E-state index contributed by atoms with van der Waals surface area (Å²) in [6.45, 7) is 0. The van der Waals surface area contributed by atoms with E-state index in [1.165, 1.54) is 6.07 Å². The lowest BCUT2D eigenvalue weighted by atomic mass is 10.1. The standard InChI is InChI=1S/C12H10FNO/c1-15-9-5-6-11(13)10(8-9)12-4-2-3-7-14-12/h2-8H,1H3. The Bertz CT molecular complexity index is 456. The Hall–Kier alpha value is -1.90. The van der Waals surface area contributed by atoms with Crippen LogP contribution in [-0.4, -0.2) is 12.1 Å². The van der Waals surface area contributed by atoms with E-state index in [-0.39, 0.29) is 5.82 Å². The Morgan fingerprint density at radius 1 is 1.20 bits per heavy atom. The molecule has 76 valence electrons. The van der Waals surface area contributed by atoms with Crippen LogP contribution in [0.3, 0.4) is 0 Å². The molecule has 0 spiro atoms.